The summed E-state index contributed by atoms with van der Waals surface area (Å²) < 4.78 is 31.5. The van der Waals surface area contributed by atoms with E-state index in [2.05, 4.69) is 0 Å². The Morgan fingerprint density at radius 3 is 2.52 bits per heavy atom. The minimum absolute atomic E-state index is 0.112. The van der Waals surface area contributed by atoms with Gasteiger partial charge in [-0.05, 0) is 24.6 Å². The lowest BCUT2D eigenvalue weighted by atomic mass is 10.2. The predicted molar refractivity (Wildman–Crippen MR) is 88.3 cm³/mol. The van der Waals surface area contributed by atoms with Crippen molar-refractivity contribution in [2.24, 2.45) is 0 Å². The van der Waals surface area contributed by atoms with Crippen molar-refractivity contribution >= 4 is 11.9 Å². The van der Waals surface area contributed by atoms with Crippen LogP contribution in [0.5, 0.6) is 0 Å². The highest BCUT2D eigenvalue weighted by atomic mass is 19.3. The van der Waals surface area contributed by atoms with Crippen molar-refractivity contribution in [2.45, 2.75) is 26.4 Å². The van der Waals surface area contributed by atoms with Crippen LogP contribution in [0.15, 0.2) is 48.7 Å². The number of rotatable bonds is 8. The van der Waals surface area contributed by atoms with Crippen LogP contribution < -0.4 is 0 Å². The zero-order valence-electron chi connectivity index (χ0n) is 13.9. The summed E-state index contributed by atoms with van der Waals surface area (Å²) in [6.07, 6.45) is -1.16. The number of nitrogens with zero attached hydrogens (tertiary/aromatic N) is 2. The second-order valence-electron chi connectivity index (χ2n) is 5.39. The molecule has 0 aliphatic carbocycles. The van der Waals surface area contributed by atoms with Crippen LogP contribution in [0.4, 0.5) is 8.78 Å². The molecule has 0 aliphatic rings. The van der Waals surface area contributed by atoms with Crippen molar-refractivity contribution in [1.82, 2.24) is 9.47 Å². The molecule has 2 rings (SSSR count). The average Bonchev–Trinajstić information content (AvgIpc) is 3.02. The molecule has 0 atom stereocenters. The van der Waals surface area contributed by atoms with Crippen molar-refractivity contribution in [3.63, 3.8) is 0 Å². The molecular formula is C18H20F2N2O3. The largest absolute Gasteiger partial charge is 0.465 e. The van der Waals surface area contributed by atoms with E-state index in [1.54, 1.807) is 6.92 Å². The number of halogens is 2. The summed E-state index contributed by atoms with van der Waals surface area (Å²) in [6, 6.07) is 12.1. The average molecular weight is 350 g/mol. The van der Waals surface area contributed by atoms with Crippen LogP contribution in [0, 0.1) is 0 Å². The number of carbonyl (C=O) groups excluding carboxylic acids is 2. The molecule has 0 N–H and O–H groups in total. The minimum Gasteiger partial charge on any atom is -0.465 e. The first-order chi connectivity index (χ1) is 12.0. The highest BCUT2D eigenvalue weighted by Crippen LogP contribution is 2.13. The minimum atomic E-state index is -2.58. The standard InChI is InChI=1S/C18H20F2N2O3/c1-2-25-17(23)13-22(11-14-7-4-3-5-8-14)18(24)15-9-6-10-21(15)12-16(19)20/h3-10,16H,2,11-13H2,1H3. The van der Waals surface area contributed by atoms with Crippen LogP contribution in [0.3, 0.4) is 0 Å². The summed E-state index contributed by atoms with van der Waals surface area (Å²) in [5.74, 6) is -1.04. The van der Waals surface area contributed by atoms with Gasteiger partial charge < -0.3 is 14.2 Å². The summed E-state index contributed by atoms with van der Waals surface area (Å²) in [5, 5.41) is 0. The number of aromatic nitrogens is 1. The van der Waals surface area contributed by atoms with E-state index in [-0.39, 0.29) is 25.4 Å². The number of carbonyl (C=O) groups is 2. The first-order valence-corrected chi connectivity index (χ1v) is 7.93. The molecule has 1 heterocycles. The fourth-order valence-corrected chi connectivity index (χ4v) is 2.44. The lowest BCUT2D eigenvalue weighted by Gasteiger charge is -2.22. The molecule has 0 unspecified atom stereocenters. The highest BCUT2D eigenvalue weighted by molar-refractivity contribution is 5.94. The molecule has 1 aromatic heterocycles. The maximum Gasteiger partial charge on any atom is 0.325 e. The molecule has 0 saturated heterocycles. The Morgan fingerprint density at radius 1 is 1.16 bits per heavy atom. The summed E-state index contributed by atoms with van der Waals surface area (Å²) in [5.41, 5.74) is 0.938. The van der Waals surface area contributed by atoms with Crippen LogP contribution in [-0.2, 0) is 22.6 Å². The van der Waals surface area contributed by atoms with Gasteiger partial charge in [0, 0.05) is 12.7 Å². The molecule has 2 aromatic rings. The summed E-state index contributed by atoms with van der Waals surface area (Å²) in [4.78, 5) is 25.9. The first-order valence-electron chi connectivity index (χ1n) is 7.93. The van der Waals surface area contributed by atoms with Crippen molar-refractivity contribution in [3.8, 4) is 0 Å². The Hall–Kier alpha value is -2.70. The van der Waals surface area contributed by atoms with Gasteiger partial charge in [0.2, 0.25) is 0 Å². The first kappa shape index (κ1) is 18.6. The van der Waals surface area contributed by atoms with E-state index in [1.807, 2.05) is 30.3 Å². The Kier molecular flexibility index (Phi) is 6.68. The van der Waals surface area contributed by atoms with Gasteiger partial charge in [-0.15, -0.1) is 0 Å². The van der Waals surface area contributed by atoms with Crippen molar-refractivity contribution in [3.05, 3.63) is 59.9 Å². The summed E-state index contributed by atoms with van der Waals surface area (Å²) in [7, 11) is 0. The fraction of sp³-hybridized carbons (Fsp3) is 0.333. The zero-order valence-corrected chi connectivity index (χ0v) is 13.9. The molecule has 1 amide bonds. The van der Waals surface area contributed by atoms with Crippen molar-refractivity contribution < 1.29 is 23.1 Å². The van der Waals surface area contributed by atoms with Crippen LogP contribution in [0.1, 0.15) is 23.0 Å². The number of benzene rings is 1. The number of amides is 1. The van der Waals surface area contributed by atoms with Gasteiger partial charge in [0.1, 0.15) is 12.2 Å². The molecule has 134 valence electrons. The van der Waals surface area contributed by atoms with E-state index in [4.69, 9.17) is 4.74 Å². The SMILES string of the molecule is CCOC(=O)CN(Cc1ccccc1)C(=O)c1cccn1CC(F)F. The predicted octanol–water partition coefficient (Wildman–Crippen LogP) is 2.96. The number of esters is 1. The van der Waals surface area contributed by atoms with E-state index in [9.17, 15) is 18.4 Å². The van der Waals surface area contributed by atoms with Gasteiger partial charge in [-0.2, -0.15) is 0 Å². The smallest absolute Gasteiger partial charge is 0.325 e. The van der Waals surface area contributed by atoms with Crippen LogP contribution in [-0.4, -0.2) is 40.9 Å². The number of hydrogen-bond donors (Lipinski definition) is 0. The maximum atomic E-state index is 12.8. The molecular weight excluding hydrogens is 330 g/mol. The Balaban J connectivity index is 2.22. The topological polar surface area (TPSA) is 51.5 Å². The van der Waals surface area contributed by atoms with E-state index >= 15 is 0 Å². The normalized spacial score (nSPS) is 10.7. The second kappa shape index (κ2) is 8.96. The molecule has 25 heavy (non-hydrogen) atoms. The van der Waals surface area contributed by atoms with Crippen LogP contribution in [0.2, 0.25) is 0 Å². The third kappa shape index (κ3) is 5.41. The molecule has 0 fully saturated rings. The highest BCUT2D eigenvalue weighted by Gasteiger charge is 2.23. The van der Waals surface area contributed by atoms with Crippen molar-refractivity contribution in [2.75, 3.05) is 13.2 Å². The molecule has 0 radical (unpaired) electrons. The lowest BCUT2D eigenvalue weighted by Crippen LogP contribution is -2.37. The summed E-state index contributed by atoms with van der Waals surface area (Å²) in [6.45, 7) is 1.23. The van der Waals surface area contributed by atoms with Crippen LogP contribution >= 0.6 is 0 Å². The van der Waals surface area contributed by atoms with E-state index < -0.39 is 24.8 Å². The van der Waals surface area contributed by atoms with Gasteiger partial charge in [-0.1, -0.05) is 30.3 Å². The Morgan fingerprint density at radius 2 is 1.88 bits per heavy atom. The molecule has 1 aromatic carbocycles. The molecule has 0 spiro atoms. The number of alkyl halides is 2. The fourth-order valence-electron chi connectivity index (χ4n) is 2.44. The number of ether oxygens (including phenoxy) is 1. The lowest BCUT2D eigenvalue weighted by molar-refractivity contribution is -0.143. The summed E-state index contributed by atoms with van der Waals surface area (Å²) >= 11 is 0. The zero-order chi connectivity index (χ0) is 18.2. The maximum absolute atomic E-state index is 12.8. The molecule has 0 bridgehead atoms. The van der Waals surface area contributed by atoms with Gasteiger partial charge in [0.25, 0.3) is 12.3 Å². The molecule has 7 heteroatoms. The Bertz CT molecular complexity index is 701. The van der Waals surface area contributed by atoms with Crippen LogP contribution in [0.25, 0.3) is 0 Å². The third-order valence-electron chi connectivity index (χ3n) is 3.51. The quantitative estimate of drug-likeness (QED) is 0.688. The monoisotopic (exact) mass is 350 g/mol. The van der Waals surface area contributed by atoms with Gasteiger partial charge in [-0.3, -0.25) is 9.59 Å². The molecule has 0 aliphatic heterocycles. The van der Waals surface area contributed by atoms with E-state index in [0.717, 1.165) is 5.56 Å². The number of hydrogen-bond acceptors (Lipinski definition) is 3. The molecule has 5 nitrogen and oxygen atoms in total. The third-order valence-corrected chi connectivity index (χ3v) is 3.51. The Labute approximate surface area is 144 Å². The van der Waals surface area contributed by atoms with Gasteiger partial charge >= 0.3 is 5.97 Å². The van der Waals surface area contributed by atoms with E-state index in [0.29, 0.717) is 0 Å². The van der Waals surface area contributed by atoms with Gasteiger partial charge in [-0.25, -0.2) is 8.78 Å². The van der Waals surface area contributed by atoms with Crippen molar-refractivity contribution in [1.29, 1.82) is 0 Å². The second-order valence-corrected chi connectivity index (χ2v) is 5.39. The van der Waals surface area contributed by atoms with Gasteiger partial charge in [0.05, 0.1) is 13.2 Å². The molecule has 0 saturated carbocycles. The van der Waals surface area contributed by atoms with E-state index in [1.165, 1.54) is 27.8 Å². The van der Waals surface area contributed by atoms with Gasteiger partial charge in [0.15, 0.2) is 0 Å².